The highest BCUT2D eigenvalue weighted by Gasteiger charge is 2.17. The highest BCUT2D eigenvalue weighted by molar-refractivity contribution is 6.32. The number of aliphatic hydroxyl groups excluding tert-OH is 2. The number of nitrogens with one attached hydrogen (secondary N) is 1. The van der Waals surface area contributed by atoms with E-state index in [0.717, 1.165) is 16.1 Å². The summed E-state index contributed by atoms with van der Waals surface area (Å²) < 4.78 is 5.57. The minimum Gasteiger partial charge on any atom is -0.491 e. The summed E-state index contributed by atoms with van der Waals surface area (Å²) in [6.07, 6.45) is -0.642. The largest absolute Gasteiger partial charge is 0.491 e. The van der Waals surface area contributed by atoms with Gasteiger partial charge in [-0.05, 0) is 51.0 Å². The Labute approximate surface area is 125 Å². The Kier molecular flexibility index (Phi) is 6.27. The molecule has 5 heteroatoms. The van der Waals surface area contributed by atoms with Crippen LogP contribution in [0.4, 0.5) is 0 Å². The van der Waals surface area contributed by atoms with Crippen molar-refractivity contribution in [2.45, 2.75) is 39.3 Å². The van der Waals surface area contributed by atoms with Crippen LogP contribution in [0.5, 0.6) is 5.75 Å². The standard InChI is InChI=1S/C15H24ClNO3/c1-10-5-13(6-11(2)14(10)16)20-8-12(19)7-17-15(3,4)9-18/h5-6,12,17-19H,7-9H2,1-4H3. The topological polar surface area (TPSA) is 61.7 Å². The summed E-state index contributed by atoms with van der Waals surface area (Å²) in [4.78, 5) is 0. The average Bonchev–Trinajstić information content (AvgIpc) is 2.40. The van der Waals surface area contributed by atoms with E-state index in [-0.39, 0.29) is 13.2 Å². The summed E-state index contributed by atoms with van der Waals surface area (Å²) in [5.74, 6) is 0.699. The Morgan fingerprint density at radius 1 is 1.30 bits per heavy atom. The van der Waals surface area contributed by atoms with Crippen LogP contribution in [0, 0.1) is 13.8 Å². The molecule has 0 saturated carbocycles. The molecule has 114 valence electrons. The second kappa shape index (κ2) is 7.27. The van der Waals surface area contributed by atoms with Gasteiger partial charge in [0.2, 0.25) is 0 Å². The predicted molar refractivity (Wildman–Crippen MR) is 81.6 cm³/mol. The van der Waals surface area contributed by atoms with Gasteiger partial charge in [0.25, 0.3) is 0 Å². The van der Waals surface area contributed by atoms with E-state index in [1.165, 1.54) is 0 Å². The molecule has 0 aliphatic carbocycles. The maximum absolute atomic E-state index is 9.87. The maximum Gasteiger partial charge on any atom is 0.120 e. The van der Waals surface area contributed by atoms with Gasteiger partial charge in [0, 0.05) is 17.1 Å². The second-order valence-electron chi connectivity index (χ2n) is 5.76. The molecule has 0 bridgehead atoms. The van der Waals surface area contributed by atoms with Gasteiger partial charge in [0.1, 0.15) is 18.5 Å². The van der Waals surface area contributed by atoms with Crippen molar-refractivity contribution in [3.05, 3.63) is 28.3 Å². The Morgan fingerprint density at radius 3 is 2.35 bits per heavy atom. The fourth-order valence-corrected chi connectivity index (χ4v) is 1.80. The molecule has 0 fully saturated rings. The van der Waals surface area contributed by atoms with E-state index in [0.29, 0.717) is 12.3 Å². The zero-order valence-corrected chi connectivity index (χ0v) is 13.3. The number of hydrogen-bond donors (Lipinski definition) is 3. The van der Waals surface area contributed by atoms with Crippen molar-refractivity contribution < 1.29 is 14.9 Å². The lowest BCUT2D eigenvalue weighted by atomic mass is 10.1. The summed E-state index contributed by atoms with van der Waals surface area (Å²) in [6.45, 7) is 8.14. The van der Waals surface area contributed by atoms with E-state index >= 15 is 0 Å². The van der Waals surface area contributed by atoms with Gasteiger partial charge in [-0.3, -0.25) is 0 Å². The van der Waals surface area contributed by atoms with Crippen LogP contribution in [0.1, 0.15) is 25.0 Å². The summed E-state index contributed by atoms with van der Waals surface area (Å²) in [6, 6.07) is 3.71. The molecule has 0 aliphatic rings. The number of benzene rings is 1. The Balaban J connectivity index is 2.47. The molecule has 1 aromatic carbocycles. The first-order valence-electron chi connectivity index (χ1n) is 6.68. The van der Waals surface area contributed by atoms with E-state index in [1.54, 1.807) is 0 Å². The first-order chi connectivity index (χ1) is 9.25. The average molecular weight is 302 g/mol. The van der Waals surface area contributed by atoms with Crippen molar-refractivity contribution >= 4 is 11.6 Å². The first kappa shape index (κ1) is 17.2. The molecule has 0 aromatic heterocycles. The third-order valence-corrected chi connectivity index (χ3v) is 3.66. The molecule has 0 aliphatic heterocycles. The SMILES string of the molecule is Cc1cc(OCC(O)CNC(C)(C)CO)cc(C)c1Cl. The predicted octanol–water partition coefficient (Wildman–Crippen LogP) is 2.06. The molecular weight excluding hydrogens is 278 g/mol. The third kappa shape index (κ3) is 5.29. The zero-order valence-electron chi connectivity index (χ0n) is 12.5. The summed E-state index contributed by atoms with van der Waals surface area (Å²) in [5, 5.41) is 22.8. The van der Waals surface area contributed by atoms with Crippen molar-refractivity contribution in [2.24, 2.45) is 0 Å². The minimum atomic E-state index is -0.642. The Morgan fingerprint density at radius 2 is 1.85 bits per heavy atom. The monoisotopic (exact) mass is 301 g/mol. The lowest BCUT2D eigenvalue weighted by Gasteiger charge is -2.25. The lowest BCUT2D eigenvalue weighted by Crippen LogP contribution is -2.47. The number of aryl methyl sites for hydroxylation is 2. The number of β-amino-alcohol motifs (C(OH)–C–C–N with tert-alkyl or cyclic N) is 1. The van der Waals surface area contributed by atoms with Gasteiger partial charge in [0.05, 0.1) is 6.61 Å². The molecule has 0 heterocycles. The fraction of sp³-hybridized carbons (Fsp3) is 0.600. The highest BCUT2D eigenvalue weighted by Crippen LogP contribution is 2.25. The quantitative estimate of drug-likeness (QED) is 0.721. The Hall–Kier alpha value is -0.810. The van der Waals surface area contributed by atoms with Crippen LogP contribution in [-0.4, -0.2) is 41.6 Å². The smallest absolute Gasteiger partial charge is 0.120 e. The van der Waals surface area contributed by atoms with Crippen molar-refractivity contribution in [3.8, 4) is 5.75 Å². The van der Waals surface area contributed by atoms with E-state index in [9.17, 15) is 5.11 Å². The summed E-state index contributed by atoms with van der Waals surface area (Å²) in [5.41, 5.74) is 1.50. The summed E-state index contributed by atoms with van der Waals surface area (Å²) >= 11 is 6.09. The van der Waals surface area contributed by atoms with Crippen LogP contribution >= 0.6 is 11.6 Å². The third-order valence-electron chi connectivity index (χ3n) is 3.06. The summed E-state index contributed by atoms with van der Waals surface area (Å²) in [7, 11) is 0. The van der Waals surface area contributed by atoms with Crippen LogP contribution < -0.4 is 10.1 Å². The molecule has 1 atom stereocenters. The maximum atomic E-state index is 9.87. The molecule has 0 spiro atoms. The molecule has 3 N–H and O–H groups in total. The number of aliphatic hydroxyl groups is 2. The zero-order chi connectivity index (χ0) is 15.3. The van der Waals surface area contributed by atoms with Crippen LogP contribution in [0.2, 0.25) is 5.02 Å². The van der Waals surface area contributed by atoms with Crippen LogP contribution in [-0.2, 0) is 0 Å². The number of hydrogen-bond acceptors (Lipinski definition) is 4. The molecule has 0 amide bonds. The number of rotatable bonds is 7. The minimum absolute atomic E-state index is 0.0101. The van der Waals surface area contributed by atoms with Gasteiger partial charge in [-0.15, -0.1) is 0 Å². The molecule has 0 saturated heterocycles. The fourth-order valence-electron chi connectivity index (χ4n) is 1.69. The first-order valence-corrected chi connectivity index (χ1v) is 7.06. The molecule has 0 radical (unpaired) electrons. The molecule has 4 nitrogen and oxygen atoms in total. The van der Waals surface area contributed by atoms with Crippen molar-refractivity contribution in [1.82, 2.24) is 5.32 Å². The highest BCUT2D eigenvalue weighted by atomic mass is 35.5. The molecule has 1 rings (SSSR count). The normalized spacial score (nSPS) is 13.3. The Bertz CT molecular complexity index is 426. The van der Waals surface area contributed by atoms with Gasteiger partial charge in [-0.2, -0.15) is 0 Å². The molecule has 1 aromatic rings. The van der Waals surface area contributed by atoms with Gasteiger partial charge in [-0.1, -0.05) is 11.6 Å². The van der Waals surface area contributed by atoms with Gasteiger partial charge < -0.3 is 20.3 Å². The number of ether oxygens (including phenoxy) is 1. The van der Waals surface area contributed by atoms with E-state index in [1.807, 2.05) is 39.8 Å². The van der Waals surface area contributed by atoms with Crippen LogP contribution in [0.25, 0.3) is 0 Å². The lowest BCUT2D eigenvalue weighted by molar-refractivity contribution is 0.0906. The second-order valence-corrected chi connectivity index (χ2v) is 6.14. The van der Waals surface area contributed by atoms with Crippen molar-refractivity contribution in [1.29, 1.82) is 0 Å². The van der Waals surface area contributed by atoms with Gasteiger partial charge in [-0.25, -0.2) is 0 Å². The van der Waals surface area contributed by atoms with Crippen molar-refractivity contribution in [3.63, 3.8) is 0 Å². The van der Waals surface area contributed by atoms with Gasteiger partial charge in [0.15, 0.2) is 0 Å². The van der Waals surface area contributed by atoms with Crippen molar-refractivity contribution in [2.75, 3.05) is 19.8 Å². The van der Waals surface area contributed by atoms with Crippen LogP contribution in [0.15, 0.2) is 12.1 Å². The van der Waals surface area contributed by atoms with E-state index < -0.39 is 11.6 Å². The molecule has 20 heavy (non-hydrogen) atoms. The number of halogens is 1. The van der Waals surface area contributed by atoms with Crippen LogP contribution in [0.3, 0.4) is 0 Å². The molecule has 1 unspecified atom stereocenters. The van der Waals surface area contributed by atoms with E-state index in [4.69, 9.17) is 21.4 Å². The molecular formula is C15H24ClNO3. The van der Waals surface area contributed by atoms with E-state index in [2.05, 4.69) is 5.32 Å². The van der Waals surface area contributed by atoms with Gasteiger partial charge >= 0.3 is 0 Å².